The summed E-state index contributed by atoms with van der Waals surface area (Å²) in [5.41, 5.74) is 4.30. The van der Waals surface area contributed by atoms with E-state index in [1.807, 2.05) is 0 Å². The van der Waals surface area contributed by atoms with E-state index in [-0.39, 0.29) is 0 Å². The van der Waals surface area contributed by atoms with Gasteiger partial charge in [-0.25, -0.2) is 0 Å². The quantitative estimate of drug-likeness (QED) is 0.788. The molecule has 1 aliphatic heterocycles. The number of likely N-dealkylation sites (tertiary alicyclic amines) is 1. The van der Waals surface area contributed by atoms with E-state index in [1.165, 1.54) is 62.0 Å². The summed E-state index contributed by atoms with van der Waals surface area (Å²) >= 11 is 0. The minimum atomic E-state index is 1.04. The van der Waals surface area contributed by atoms with Gasteiger partial charge in [0.05, 0.1) is 0 Å². The maximum Gasteiger partial charge on any atom is 0.00218 e. The van der Waals surface area contributed by atoms with Gasteiger partial charge in [-0.1, -0.05) is 61.0 Å². The van der Waals surface area contributed by atoms with E-state index in [0.29, 0.717) is 0 Å². The lowest BCUT2D eigenvalue weighted by Crippen LogP contribution is -2.31. The van der Waals surface area contributed by atoms with Crippen LogP contribution in [-0.4, -0.2) is 24.5 Å². The molecule has 0 radical (unpaired) electrons. The Labute approximate surface area is 128 Å². The van der Waals surface area contributed by atoms with E-state index < -0.39 is 0 Å². The highest BCUT2D eigenvalue weighted by Crippen LogP contribution is 2.14. The molecule has 1 heterocycles. The summed E-state index contributed by atoms with van der Waals surface area (Å²) < 4.78 is 0. The number of hydrogen-bond acceptors (Lipinski definition) is 1. The number of rotatable bonds is 5. The van der Waals surface area contributed by atoms with E-state index >= 15 is 0 Å². The number of hydrogen-bond donors (Lipinski definition) is 0. The summed E-state index contributed by atoms with van der Waals surface area (Å²) in [7, 11) is 0. The van der Waals surface area contributed by atoms with Crippen molar-refractivity contribution < 1.29 is 0 Å². The molecule has 0 saturated carbocycles. The van der Waals surface area contributed by atoms with Gasteiger partial charge in [0.2, 0.25) is 0 Å². The third-order valence-corrected chi connectivity index (χ3v) is 4.41. The minimum absolute atomic E-state index is 1.04. The first kappa shape index (κ1) is 14.3. The molecule has 1 fully saturated rings. The summed E-state index contributed by atoms with van der Waals surface area (Å²) in [6.07, 6.45) is 6.41. The maximum absolute atomic E-state index is 2.62. The fourth-order valence-electron chi connectivity index (χ4n) is 3.20. The third-order valence-electron chi connectivity index (χ3n) is 4.41. The van der Waals surface area contributed by atoms with Gasteiger partial charge in [0.25, 0.3) is 0 Å². The molecule has 110 valence electrons. The molecule has 0 atom stereocenters. The van der Waals surface area contributed by atoms with Crippen molar-refractivity contribution in [2.75, 3.05) is 19.6 Å². The molecular formula is C20H25N. The normalized spacial score (nSPS) is 16.0. The van der Waals surface area contributed by atoms with Crippen molar-refractivity contribution in [2.45, 2.75) is 32.1 Å². The standard InChI is InChI=1S/C20H25N/c1-3-8-18(9-4-1)16-20-11-7-10-19(17-20)12-15-21-13-5-2-6-14-21/h1,3-4,7-11,17H,2,5-6,12-16H2. The lowest BCUT2D eigenvalue weighted by molar-refractivity contribution is 0.231. The van der Waals surface area contributed by atoms with Gasteiger partial charge in [-0.15, -0.1) is 0 Å². The summed E-state index contributed by atoms with van der Waals surface area (Å²) in [5.74, 6) is 0. The molecule has 0 aliphatic carbocycles. The van der Waals surface area contributed by atoms with Crippen LogP contribution in [0, 0.1) is 0 Å². The zero-order valence-corrected chi connectivity index (χ0v) is 12.8. The summed E-state index contributed by atoms with van der Waals surface area (Å²) in [6, 6.07) is 19.9. The van der Waals surface area contributed by atoms with Crippen molar-refractivity contribution >= 4 is 0 Å². The van der Waals surface area contributed by atoms with Crippen LogP contribution in [0.2, 0.25) is 0 Å². The monoisotopic (exact) mass is 279 g/mol. The van der Waals surface area contributed by atoms with E-state index in [4.69, 9.17) is 0 Å². The number of piperidine rings is 1. The van der Waals surface area contributed by atoms with Crippen molar-refractivity contribution in [3.8, 4) is 0 Å². The Kier molecular flexibility index (Phi) is 5.07. The van der Waals surface area contributed by atoms with Crippen LogP contribution in [0.3, 0.4) is 0 Å². The summed E-state index contributed by atoms with van der Waals surface area (Å²) in [5, 5.41) is 0. The fraction of sp³-hybridized carbons (Fsp3) is 0.400. The average Bonchev–Trinajstić information content (AvgIpc) is 2.55. The lowest BCUT2D eigenvalue weighted by Gasteiger charge is -2.26. The molecule has 1 heteroatoms. The minimum Gasteiger partial charge on any atom is -0.303 e. The van der Waals surface area contributed by atoms with Gasteiger partial charge in [0.15, 0.2) is 0 Å². The molecule has 0 N–H and O–H groups in total. The van der Waals surface area contributed by atoms with Crippen molar-refractivity contribution in [3.05, 3.63) is 71.3 Å². The molecule has 1 nitrogen and oxygen atoms in total. The van der Waals surface area contributed by atoms with Crippen LogP contribution in [-0.2, 0) is 12.8 Å². The maximum atomic E-state index is 2.62. The molecule has 1 saturated heterocycles. The summed E-state index contributed by atoms with van der Waals surface area (Å²) in [4.78, 5) is 2.62. The number of benzene rings is 2. The molecule has 0 amide bonds. The van der Waals surface area contributed by atoms with Gasteiger partial charge < -0.3 is 4.90 Å². The second-order valence-corrected chi connectivity index (χ2v) is 6.13. The SMILES string of the molecule is c1ccc(Cc2cccc(CCN3CCCCC3)c2)cc1. The van der Waals surface area contributed by atoms with Crippen LogP contribution in [0.1, 0.15) is 36.0 Å². The lowest BCUT2D eigenvalue weighted by atomic mass is 10.0. The molecular weight excluding hydrogens is 254 g/mol. The van der Waals surface area contributed by atoms with Gasteiger partial charge in [-0.05, 0) is 55.5 Å². The highest BCUT2D eigenvalue weighted by atomic mass is 15.1. The van der Waals surface area contributed by atoms with Crippen molar-refractivity contribution in [1.29, 1.82) is 0 Å². The molecule has 0 unspecified atom stereocenters. The molecule has 0 spiro atoms. The zero-order chi connectivity index (χ0) is 14.3. The molecule has 3 rings (SSSR count). The van der Waals surface area contributed by atoms with E-state index in [9.17, 15) is 0 Å². The smallest absolute Gasteiger partial charge is 0.00218 e. The van der Waals surface area contributed by atoms with E-state index in [0.717, 1.165) is 6.42 Å². The average molecular weight is 279 g/mol. The van der Waals surface area contributed by atoms with E-state index in [2.05, 4.69) is 59.5 Å². The first-order chi connectivity index (χ1) is 10.4. The first-order valence-corrected chi connectivity index (χ1v) is 8.24. The van der Waals surface area contributed by atoms with Crippen LogP contribution in [0.5, 0.6) is 0 Å². The Hall–Kier alpha value is -1.60. The Bertz CT molecular complexity index is 541. The summed E-state index contributed by atoms with van der Waals surface area (Å²) in [6.45, 7) is 3.81. The fourth-order valence-corrected chi connectivity index (χ4v) is 3.20. The highest BCUT2D eigenvalue weighted by molar-refractivity contribution is 5.29. The Morgan fingerprint density at radius 2 is 1.43 bits per heavy atom. The topological polar surface area (TPSA) is 3.24 Å². The largest absolute Gasteiger partial charge is 0.303 e. The third kappa shape index (κ3) is 4.44. The molecule has 2 aromatic carbocycles. The van der Waals surface area contributed by atoms with E-state index in [1.54, 1.807) is 0 Å². The Morgan fingerprint density at radius 3 is 2.24 bits per heavy atom. The molecule has 21 heavy (non-hydrogen) atoms. The predicted octanol–water partition coefficient (Wildman–Crippen LogP) is 4.31. The Morgan fingerprint density at radius 1 is 0.714 bits per heavy atom. The van der Waals surface area contributed by atoms with Gasteiger partial charge >= 0.3 is 0 Å². The van der Waals surface area contributed by atoms with Crippen molar-refractivity contribution in [3.63, 3.8) is 0 Å². The van der Waals surface area contributed by atoms with Crippen molar-refractivity contribution in [2.24, 2.45) is 0 Å². The van der Waals surface area contributed by atoms with Crippen LogP contribution >= 0.6 is 0 Å². The first-order valence-electron chi connectivity index (χ1n) is 8.24. The van der Waals surface area contributed by atoms with Gasteiger partial charge in [-0.3, -0.25) is 0 Å². The second kappa shape index (κ2) is 7.42. The van der Waals surface area contributed by atoms with Crippen molar-refractivity contribution in [1.82, 2.24) is 4.90 Å². The second-order valence-electron chi connectivity index (χ2n) is 6.13. The van der Waals surface area contributed by atoms with Gasteiger partial charge in [0.1, 0.15) is 0 Å². The van der Waals surface area contributed by atoms with Crippen LogP contribution in [0.15, 0.2) is 54.6 Å². The van der Waals surface area contributed by atoms with Crippen LogP contribution in [0.4, 0.5) is 0 Å². The molecule has 1 aliphatic rings. The van der Waals surface area contributed by atoms with Crippen LogP contribution < -0.4 is 0 Å². The highest BCUT2D eigenvalue weighted by Gasteiger charge is 2.09. The predicted molar refractivity (Wildman–Crippen MR) is 89.7 cm³/mol. The molecule has 0 aromatic heterocycles. The molecule has 2 aromatic rings. The van der Waals surface area contributed by atoms with Crippen LogP contribution in [0.25, 0.3) is 0 Å². The zero-order valence-electron chi connectivity index (χ0n) is 12.8. The Balaban J connectivity index is 1.57. The van der Waals surface area contributed by atoms with Gasteiger partial charge in [0, 0.05) is 6.54 Å². The van der Waals surface area contributed by atoms with Gasteiger partial charge in [-0.2, -0.15) is 0 Å². The molecule has 0 bridgehead atoms. The number of nitrogens with zero attached hydrogens (tertiary/aromatic N) is 1.